The van der Waals surface area contributed by atoms with Crippen molar-refractivity contribution in [2.75, 3.05) is 27.2 Å². The summed E-state index contributed by atoms with van der Waals surface area (Å²) < 4.78 is 0. The molecule has 4 heteroatoms. The molecule has 1 amide bonds. The molecule has 0 unspecified atom stereocenters. The molecule has 0 aliphatic carbocycles. The average Bonchev–Trinajstić information content (AvgIpc) is 2.54. The molecule has 0 aliphatic rings. The minimum atomic E-state index is 0.101. The molecule has 0 fully saturated rings. The third-order valence-corrected chi connectivity index (χ3v) is 4.05. The van der Waals surface area contributed by atoms with Crippen molar-refractivity contribution in [2.24, 2.45) is 0 Å². The summed E-state index contributed by atoms with van der Waals surface area (Å²) in [4.78, 5) is 16.7. The minimum absolute atomic E-state index is 0.101. The van der Waals surface area contributed by atoms with E-state index in [2.05, 4.69) is 4.90 Å². The Bertz CT molecular complexity index is 628. The Hall–Kier alpha value is -1.84. The van der Waals surface area contributed by atoms with Crippen LogP contribution >= 0.6 is 11.6 Å². The Morgan fingerprint density at radius 2 is 1.61 bits per heavy atom. The van der Waals surface area contributed by atoms with Crippen LogP contribution in [0.4, 0.5) is 0 Å². The van der Waals surface area contributed by atoms with Crippen molar-refractivity contribution in [1.82, 2.24) is 9.80 Å². The fraction of sp³-hybridized carbons (Fsp3) is 0.316. The summed E-state index contributed by atoms with van der Waals surface area (Å²) in [7, 11) is 4.03. The molecule has 0 heterocycles. The summed E-state index contributed by atoms with van der Waals surface area (Å²) in [6.45, 7) is 2.16. The molecule has 0 atom stereocenters. The maximum Gasteiger partial charge on any atom is 0.227 e. The molecule has 3 nitrogen and oxygen atoms in total. The number of hydrogen-bond donors (Lipinski definition) is 0. The van der Waals surface area contributed by atoms with Gasteiger partial charge in [0.1, 0.15) is 0 Å². The van der Waals surface area contributed by atoms with Crippen LogP contribution in [0.5, 0.6) is 0 Å². The monoisotopic (exact) mass is 330 g/mol. The zero-order chi connectivity index (χ0) is 16.7. The van der Waals surface area contributed by atoms with E-state index < -0.39 is 0 Å². The first-order valence-corrected chi connectivity index (χ1v) is 8.14. The standard InChI is InChI=1S/C19H23ClN2O/c1-21(2)12-13-22(15-16-8-4-3-5-9-16)19(23)14-17-10-6-7-11-18(17)20/h3-11H,12-15H2,1-2H3. The molecule has 2 aromatic carbocycles. The van der Waals surface area contributed by atoms with E-state index in [0.29, 0.717) is 24.5 Å². The van der Waals surface area contributed by atoms with Gasteiger partial charge in [0.05, 0.1) is 6.42 Å². The van der Waals surface area contributed by atoms with Crippen LogP contribution in [0.15, 0.2) is 54.6 Å². The van der Waals surface area contributed by atoms with Gasteiger partial charge in [-0.2, -0.15) is 0 Å². The van der Waals surface area contributed by atoms with Crippen molar-refractivity contribution >= 4 is 17.5 Å². The number of rotatable bonds is 7. The van der Waals surface area contributed by atoms with E-state index in [1.165, 1.54) is 0 Å². The van der Waals surface area contributed by atoms with Crippen LogP contribution in [-0.2, 0) is 17.8 Å². The predicted molar refractivity (Wildman–Crippen MR) is 95.6 cm³/mol. The van der Waals surface area contributed by atoms with E-state index in [9.17, 15) is 4.79 Å². The van der Waals surface area contributed by atoms with Gasteiger partial charge in [0, 0.05) is 24.7 Å². The summed E-state index contributed by atoms with van der Waals surface area (Å²) in [5.74, 6) is 0.101. The maximum absolute atomic E-state index is 12.7. The molecule has 2 aromatic rings. The lowest BCUT2D eigenvalue weighted by Gasteiger charge is -2.25. The van der Waals surface area contributed by atoms with Gasteiger partial charge in [-0.25, -0.2) is 0 Å². The number of halogens is 1. The fourth-order valence-corrected chi connectivity index (χ4v) is 2.54. The summed E-state index contributed by atoms with van der Waals surface area (Å²) in [6.07, 6.45) is 0.333. The molecule has 0 aliphatic heterocycles. The van der Waals surface area contributed by atoms with Gasteiger partial charge >= 0.3 is 0 Å². The molecule has 0 saturated heterocycles. The minimum Gasteiger partial charge on any atom is -0.337 e. The van der Waals surface area contributed by atoms with Gasteiger partial charge < -0.3 is 9.80 Å². The van der Waals surface area contributed by atoms with E-state index in [-0.39, 0.29) is 5.91 Å². The lowest BCUT2D eigenvalue weighted by molar-refractivity contribution is -0.131. The van der Waals surface area contributed by atoms with Crippen molar-refractivity contribution in [1.29, 1.82) is 0 Å². The topological polar surface area (TPSA) is 23.6 Å². The quantitative estimate of drug-likeness (QED) is 0.776. The molecule has 0 N–H and O–H groups in total. The van der Waals surface area contributed by atoms with Crippen LogP contribution in [-0.4, -0.2) is 42.9 Å². The Kier molecular flexibility index (Phi) is 6.63. The molecule has 0 saturated carbocycles. The fourth-order valence-electron chi connectivity index (χ4n) is 2.33. The Morgan fingerprint density at radius 3 is 2.26 bits per heavy atom. The van der Waals surface area contributed by atoms with Gasteiger partial charge in [0.15, 0.2) is 0 Å². The number of benzene rings is 2. The van der Waals surface area contributed by atoms with E-state index in [1.807, 2.05) is 73.6 Å². The van der Waals surface area contributed by atoms with Crippen molar-refractivity contribution in [3.8, 4) is 0 Å². The highest BCUT2D eigenvalue weighted by Crippen LogP contribution is 2.17. The number of amides is 1. The van der Waals surface area contributed by atoms with Crippen LogP contribution in [0.1, 0.15) is 11.1 Å². The second-order valence-electron chi connectivity index (χ2n) is 5.87. The van der Waals surface area contributed by atoms with Gasteiger partial charge in [0.25, 0.3) is 0 Å². The molecular formula is C19H23ClN2O. The zero-order valence-electron chi connectivity index (χ0n) is 13.7. The van der Waals surface area contributed by atoms with Crippen molar-refractivity contribution < 1.29 is 4.79 Å². The highest BCUT2D eigenvalue weighted by Gasteiger charge is 2.16. The van der Waals surface area contributed by atoms with Crippen LogP contribution in [0.3, 0.4) is 0 Å². The highest BCUT2D eigenvalue weighted by molar-refractivity contribution is 6.31. The molecule has 122 valence electrons. The van der Waals surface area contributed by atoms with Crippen LogP contribution in [0.25, 0.3) is 0 Å². The van der Waals surface area contributed by atoms with Crippen LogP contribution in [0.2, 0.25) is 5.02 Å². The van der Waals surface area contributed by atoms with Crippen molar-refractivity contribution in [3.63, 3.8) is 0 Å². The lowest BCUT2D eigenvalue weighted by Crippen LogP contribution is -2.37. The van der Waals surface area contributed by atoms with Gasteiger partial charge in [-0.15, -0.1) is 0 Å². The molecule has 0 spiro atoms. The number of nitrogens with zero attached hydrogens (tertiary/aromatic N) is 2. The van der Waals surface area contributed by atoms with E-state index in [1.54, 1.807) is 0 Å². The normalized spacial score (nSPS) is 10.8. The van der Waals surface area contributed by atoms with Gasteiger partial charge in [-0.1, -0.05) is 60.1 Å². The first kappa shape index (κ1) is 17.5. The van der Waals surface area contributed by atoms with E-state index in [4.69, 9.17) is 11.6 Å². The molecule has 0 aromatic heterocycles. The second-order valence-corrected chi connectivity index (χ2v) is 6.28. The van der Waals surface area contributed by atoms with Gasteiger partial charge in [-0.05, 0) is 31.3 Å². The largest absolute Gasteiger partial charge is 0.337 e. The first-order chi connectivity index (χ1) is 11.1. The Labute approximate surface area is 143 Å². The summed E-state index contributed by atoms with van der Waals surface area (Å²) in [5, 5.41) is 0.646. The van der Waals surface area contributed by atoms with Crippen LogP contribution < -0.4 is 0 Å². The van der Waals surface area contributed by atoms with Crippen molar-refractivity contribution in [3.05, 3.63) is 70.7 Å². The van der Waals surface area contributed by atoms with E-state index >= 15 is 0 Å². The Morgan fingerprint density at radius 1 is 0.957 bits per heavy atom. The number of carbonyl (C=O) groups excluding carboxylic acids is 1. The predicted octanol–water partition coefficient (Wildman–Crippen LogP) is 3.47. The maximum atomic E-state index is 12.7. The van der Waals surface area contributed by atoms with Gasteiger partial charge in [-0.3, -0.25) is 4.79 Å². The smallest absolute Gasteiger partial charge is 0.227 e. The second kappa shape index (κ2) is 8.70. The van der Waals surface area contributed by atoms with E-state index in [0.717, 1.165) is 17.7 Å². The Balaban J connectivity index is 2.09. The average molecular weight is 331 g/mol. The molecule has 23 heavy (non-hydrogen) atoms. The third-order valence-electron chi connectivity index (χ3n) is 3.69. The summed E-state index contributed by atoms with van der Waals surface area (Å²) in [5.41, 5.74) is 2.01. The summed E-state index contributed by atoms with van der Waals surface area (Å²) in [6, 6.07) is 17.6. The van der Waals surface area contributed by atoms with Crippen molar-refractivity contribution in [2.45, 2.75) is 13.0 Å². The van der Waals surface area contributed by atoms with Crippen LogP contribution in [0, 0.1) is 0 Å². The lowest BCUT2D eigenvalue weighted by atomic mass is 10.1. The third kappa shape index (κ3) is 5.70. The number of hydrogen-bond acceptors (Lipinski definition) is 2. The molecule has 0 radical (unpaired) electrons. The molecule has 0 bridgehead atoms. The van der Waals surface area contributed by atoms with Gasteiger partial charge in [0.2, 0.25) is 5.91 Å². The molecule has 2 rings (SSSR count). The summed E-state index contributed by atoms with van der Waals surface area (Å²) >= 11 is 6.18. The highest BCUT2D eigenvalue weighted by atomic mass is 35.5. The molecular weight excluding hydrogens is 308 g/mol. The number of carbonyl (C=O) groups is 1. The first-order valence-electron chi connectivity index (χ1n) is 7.76. The number of likely N-dealkylation sites (N-methyl/N-ethyl adjacent to an activating group) is 1. The SMILES string of the molecule is CN(C)CCN(Cc1ccccc1)C(=O)Cc1ccccc1Cl. The zero-order valence-corrected chi connectivity index (χ0v) is 14.5.